The van der Waals surface area contributed by atoms with E-state index in [1.165, 1.54) is 0 Å². The highest BCUT2D eigenvalue weighted by Crippen LogP contribution is 2.20. The number of nitrogens with one attached hydrogen (secondary N) is 1. The van der Waals surface area contributed by atoms with Crippen LogP contribution in [0.4, 0.5) is 0 Å². The topological polar surface area (TPSA) is 104 Å². The van der Waals surface area contributed by atoms with Gasteiger partial charge < -0.3 is 10.2 Å². The Balaban J connectivity index is 2.31. The molecule has 0 heterocycles. The van der Waals surface area contributed by atoms with Gasteiger partial charge in [-0.2, -0.15) is 0 Å². The smallest absolute Gasteiger partial charge is 0.304 e. The molecule has 0 aromatic rings. The predicted molar refractivity (Wildman–Crippen MR) is 48.2 cm³/mol. The normalized spacial score (nSPS) is 26.9. The zero-order chi connectivity index (χ0) is 10.8. The molecule has 1 aliphatic rings. The van der Waals surface area contributed by atoms with E-state index in [-0.39, 0.29) is 6.04 Å². The third-order valence-corrected chi connectivity index (χ3v) is 3.48. The van der Waals surface area contributed by atoms with E-state index in [9.17, 15) is 13.2 Å². The van der Waals surface area contributed by atoms with Gasteiger partial charge >= 0.3 is 5.97 Å². The molecule has 0 spiro atoms. The fourth-order valence-electron chi connectivity index (χ4n) is 1.22. The van der Waals surface area contributed by atoms with Gasteiger partial charge in [0.05, 0.1) is 18.3 Å². The molecule has 1 saturated carbocycles. The number of aliphatic carboxylic acids is 1. The van der Waals surface area contributed by atoms with Gasteiger partial charge in [-0.05, 0) is 12.8 Å². The lowest BCUT2D eigenvalue weighted by atomic mass is 9.91. The third kappa shape index (κ3) is 3.60. The summed E-state index contributed by atoms with van der Waals surface area (Å²) in [7, 11) is -3.50. The van der Waals surface area contributed by atoms with Gasteiger partial charge in [0, 0.05) is 6.04 Å². The molecule has 0 atom stereocenters. The molecule has 1 fully saturated rings. The van der Waals surface area contributed by atoms with Crippen molar-refractivity contribution >= 4 is 16.0 Å². The minimum atomic E-state index is -3.50. The van der Waals surface area contributed by atoms with Crippen molar-refractivity contribution in [3.63, 3.8) is 0 Å². The molecule has 0 aromatic heterocycles. The highest BCUT2D eigenvalue weighted by molar-refractivity contribution is 7.89. The van der Waals surface area contributed by atoms with Gasteiger partial charge in [-0.15, -0.1) is 0 Å². The molecule has 3 N–H and O–H groups in total. The van der Waals surface area contributed by atoms with E-state index in [1.807, 2.05) is 0 Å². The molecular weight excluding hydrogens is 210 g/mol. The maximum absolute atomic E-state index is 11.2. The maximum atomic E-state index is 11.2. The fraction of sp³-hybridized carbons (Fsp3) is 0.857. The van der Waals surface area contributed by atoms with E-state index >= 15 is 0 Å². The molecule has 0 unspecified atom stereocenters. The zero-order valence-electron chi connectivity index (χ0n) is 7.51. The van der Waals surface area contributed by atoms with Crippen LogP contribution in [0, 0.1) is 0 Å². The molecule has 0 bridgehead atoms. The second-order valence-corrected chi connectivity index (χ2v) is 5.28. The van der Waals surface area contributed by atoms with E-state index in [4.69, 9.17) is 10.2 Å². The number of rotatable bonds is 5. The molecule has 0 aliphatic heterocycles. The van der Waals surface area contributed by atoms with Crippen molar-refractivity contribution in [1.29, 1.82) is 0 Å². The molecule has 0 aromatic carbocycles. The highest BCUT2D eigenvalue weighted by atomic mass is 32.2. The Bertz CT molecular complexity index is 306. The number of hydrogen-bond donors (Lipinski definition) is 3. The highest BCUT2D eigenvalue weighted by Gasteiger charge is 2.30. The van der Waals surface area contributed by atoms with Crippen LogP contribution in [0.5, 0.6) is 0 Å². The van der Waals surface area contributed by atoms with Gasteiger partial charge in [0.15, 0.2) is 0 Å². The summed E-state index contributed by atoms with van der Waals surface area (Å²) in [6.45, 7) is 0. The van der Waals surface area contributed by atoms with Crippen molar-refractivity contribution in [3.05, 3.63) is 0 Å². The van der Waals surface area contributed by atoms with E-state index in [0.717, 1.165) is 0 Å². The largest absolute Gasteiger partial charge is 0.481 e. The van der Waals surface area contributed by atoms with Gasteiger partial charge in [0.25, 0.3) is 0 Å². The Morgan fingerprint density at radius 2 is 2.00 bits per heavy atom. The first kappa shape index (κ1) is 11.4. The van der Waals surface area contributed by atoms with Crippen LogP contribution in [0.15, 0.2) is 0 Å². The van der Waals surface area contributed by atoms with E-state index in [2.05, 4.69) is 4.72 Å². The average Bonchev–Trinajstić information content (AvgIpc) is 1.98. The second-order valence-electron chi connectivity index (χ2n) is 3.40. The van der Waals surface area contributed by atoms with Crippen molar-refractivity contribution in [2.24, 2.45) is 0 Å². The number of hydrogen-bond acceptors (Lipinski definition) is 4. The standard InChI is InChI=1S/C7H13NO5S/c9-6-3-5(4-6)8-14(12,13)2-1-7(10)11/h5-6,8-9H,1-4H2,(H,10,11). The molecule has 0 saturated heterocycles. The first-order chi connectivity index (χ1) is 6.39. The molecule has 1 rings (SSSR count). The summed E-state index contributed by atoms with van der Waals surface area (Å²) in [6.07, 6.45) is -0.00869. The van der Waals surface area contributed by atoms with Crippen molar-refractivity contribution in [2.75, 3.05) is 5.75 Å². The number of carbonyl (C=O) groups is 1. The number of aliphatic hydroxyl groups is 1. The van der Waals surface area contributed by atoms with Crippen molar-refractivity contribution in [3.8, 4) is 0 Å². The van der Waals surface area contributed by atoms with E-state index < -0.39 is 34.3 Å². The lowest BCUT2D eigenvalue weighted by Gasteiger charge is -2.31. The van der Waals surface area contributed by atoms with Crippen molar-refractivity contribution in [1.82, 2.24) is 4.72 Å². The van der Waals surface area contributed by atoms with Crippen LogP contribution in [-0.4, -0.2) is 42.5 Å². The molecule has 7 heteroatoms. The molecule has 82 valence electrons. The fourth-order valence-corrected chi connectivity index (χ4v) is 2.48. The van der Waals surface area contributed by atoms with Crippen LogP contribution in [-0.2, 0) is 14.8 Å². The van der Waals surface area contributed by atoms with Crippen molar-refractivity contribution in [2.45, 2.75) is 31.4 Å². The summed E-state index contributed by atoms with van der Waals surface area (Å²) >= 11 is 0. The number of carboxylic acid groups (broad SMARTS) is 1. The molecule has 14 heavy (non-hydrogen) atoms. The van der Waals surface area contributed by atoms with Gasteiger partial charge in [0.2, 0.25) is 10.0 Å². The summed E-state index contributed by atoms with van der Waals surface area (Å²) in [5, 5.41) is 17.2. The Labute approximate surface area is 82.0 Å². The summed E-state index contributed by atoms with van der Waals surface area (Å²) in [5.74, 6) is -1.54. The lowest BCUT2D eigenvalue weighted by Crippen LogP contribution is -2.47. The van der Waals surface area contributed by atoms with Crippen LogP contribution in [0.2, 0.25) is 0 Å². The van der Waals surface area contributed by atoms with E-state index in [0.29, 0.717) is 12.8 Å². The van der Waals surface area contributed by atoms with Crippen LogP contribution in [0.25, 0.3) is 0 Å². The van der Waals surface area contributed by atoms with Gasteiger partial charge in [-0.25, -0.2) is 13.1 Å². The van der Waals surface area contributed by atoms with E-state index in [1.54, 1.807) is 0 Å². The second kappa shape index (κ2) is 4.24. The lowest BCUT2D eigenvalue weighted by molar-refractivity contribution is -0.136. The van der Waals surface area contributed by atoms with Gasteiger partial charge in [0.1, 0.15) is 0 Å². The monoisotopic (exact) mass is 223 g/mol. The van der Waals surface area contributed by atoms with Crippen molar-refractivity contribution < 1.29 is 23.4 Å². The minimum absolute atomic E-state index is 0.233. The third-order valence-electron chi connectivity index (χ3n) is 2.04. The number of carboxylic acids is 1. The predicted octanol–water partition coefficient (Wildman–Crippen LogP) is -1.10. The summed E-state index contributed by atoms with van der Waals surface area (Å²) < 4.78 is 24.7. The first-order valence-electron chi connectivity index (χ1n) is 4.29. The van der Waals surface area contributed by atoms with Crippen LogP contribution in [0.1, 0.15) is 19.3 Å². The molecule has 0 radical (unpaired) electrons. The zero-order valence-corrected chi connectivity index (χ0v) is 8.33. The van der Waals surface area contributed by atoms with Gasteiger partial charge in [-0.1, -0.05) is 0 Å². The summed E-state index contributed by atoms with van der Waals surface area (Å²) in [5.41, 5.74) is 0. The molecule has 1 aliphatic carbocycles. The molecule has 6 nitrogen and oxygen atoms in total. The van der Waals surface area contributed by atoms with Crippen LogP contribution >= 0.6 is 0 Å². The maximum Gasteiger partial charge on any atom is 0.304 e. The Hall–Kier alpha value is -0.660. The van der Waals surface area contributed by atoms with Gasteiger partial charge in [-0.3, -0.25) is 4.79 Å². The molecular formula is C7H13NO5S. The minimum Gasteiger partial charge on any atom is -0.481 e. The quantitative estimate of drug-likeness (QED) is 0.549. The Morgan fingerprint density at radius 1 is 1.43 bits per heavy atom. The number of aliphatic hydroxyl groups excluding tert-OH is 1. The summed E-state index contributed by atoms with van der Waals surface area (Å²) in [4.78, 5) is 10.1. The number of sulfonamides is 1. The Morgan fingerprint density at radius 3 is 2.43 bits per heavy atom. The summed E-state index contributed by atoms with van der Waals surface area (Å²) in [6, 6.07) is -0.233. The van der Waals surface area contributed by atoms with Crippen LogP contribution in [0.3, 0.4) is 0 Å². The first-order valence-corrected chi connectivity index (χ1v) is 5.94. The van der Waals surface area contributed by atoms with Crippen LogP contribution < -0.4 is 4.72 Å². The SMILES string of the molecule is O=C(O)CCS(=O)(=O)NC1CC(O)C1. The Kier molecular flexibility index (Phi) is 3.46. The average molecular weight is 223 g/mol. The molecule has 0 amide bonds.